The summed E-state index contributed by atoms with van der Waals surface area (Å²) in [6.45, 7) is 2.09. The van der Waals surface area contributed by atoms with Gasteiger partial charge in [-0.05, 0) is 55.3 Å². The summed E-state index contributed by atoms with van der Waals surface area (Å²) in [6.07, 6.45) is 3.61. The second-order valence-electron chi connectivity index (χ2n) is 9.58. The number of amides is 2. The van der Waals surface area contributed by atoms with E-state index in [0.29, 0.717) is 24.3 Å². The van der Waals surface area contributed by atoms with Crippen molar-refractivity contribution in [2.24, 2.45) is 10.9 Å². The molecule has 8 heteroatoms. The van der Waals surface area contributed by atoms with Gasteiger partial charge in [-0.2, -0.15) is 0 Å². The maximum Gasteiger partial charge on any atom is 0.255 e. The Morgan fingerprint density at radius 2 is 1.92 bits per heavy atom. The number of nitrogens with zero attached hydrogens (tertiary/aromatic N) is 3. The van der Waals surface area contributed by atoms with Crippen LogP contribution in [0.1, 0.15) is 40.0 Å². The van der Waals surface area contributed by atoms with Crippen molar-refractivity contribution in [2.45, 2.75) is 19.4 Å². The number of nitrogens with one attached hydrogen (secondary N) is 2. The Bertz CT molecular complexity index is 1380. The van der Waals surface area contributed by atoms with Gasteiger partial charge in [-0.15, -0.1) is 0 Å². The third-order valence-electron chi connectivity index (χ3n) is 6.89. The summed E-state index contributed by atoms with van der Waals surface area (Å²) in [4.78, 5) is 37.0. The van der Waals surface area contributed by atoms with Crippen LogP contribution in [0.3, 0.4) is 0 Å². The predicted molar refractivity (Wildman–Crippen MR) is 144 cm³/mol. The average Bonchev–Trinajstić information content (AvgIpc) is 3.36. The van der Waals surface area contributed by atoms with E-state index in [0.717, 1.165) is 58.8 Å². The smallest absolute Gasteiger partial charge is 0.255 e. The van der Waals surface area contributed by atoms with E-state index in [1.165, 1.54) is 4.90 Å². The molecule has 3 heterocycles. The van der Waals surface area contributed by atoms with E-state index in [2.05, 4.69) is 21.7 Å². The molecule has 1 saturated heterocycles. The fourth-order valence-electron chi connectivity index (χ4n) is 4.85. The number of rotatable bonds is 6. The number of anilines is 1. The van der Waals surface area contributed by atoms with E-state index in [9.17, 15) is 9.59 Å². The zero-order valence-corrected chi connectivity index (χ0v) is 21.4. The van der Waals surface area contributed by atoms with Crippen molar-refractivity contribution in [3.8, 4) is 16.9 Å². The topological polar surface area (TPSA) is 95.9 Å². The minimum Gasteiger partial charge on any atom is -0.496 e. The quantitative estimate of drug-likeness (QED) is 0.541. The minimum atomic E-state index is -0.177. The first-order valence-electron chi connectivity index (χ1n) is 12.5. The largest absolute Gasteiger partial charge is 0.496 e. The molecule has 37 heavy (non-hydrogen) atoms. The second kappa shape index (κ2) is 10.5. The molecule has 5 rings (SSSR count). The summed E-state index contributed by atoms with van der Waals surface area (Å²) < 4.78 is 5.56. The van der Waals surface area contributed by atoms with Crippen molar-refractivity contribution in [3.63, 3.8) is 0 Å². The summed E-state index contributed by atoms with van der Waals surface area (Å²) in [5.41, 5.74) is 6.28. The average molecular weight is 498 g/mol. The molecule has 2 N–H and O–H groups in total. The molecule has 0 aliphatic carbocycles. The lowest BCUT2D eigenvalue weighted by Crippen LogP contribution is -2.37. The first kappa shape index (κ1) is 24.6. The van der Waals surface area contributed by atoms with E-state index in [4.69, 9.17) is 9.73 Å². The van der Waals surface area contributed by atoms with Gasteiger partial charge in [-0.3, -0.25) is 19.6 Å². The van der Waals surface area contributed by atoms with Gasteiger partial charge in [0.15, 0.2) is 0 Å². The van der Waals surface area contributed by atoms with Gasteiger partial charge in [-0.1, -0.05) is 18.2 Å². The van der Waals surface area contributed by atoms with Crippen LogP contribution >= 0.6 is 0 Å². The number of carbonyl (C=O) groups excluding carboxylic acids is 2. The van der Waals surface area contributed by atoms with E-state index in [1.807, 2.05) is 48.7 Å². The Labute approximate surface area is 216 Å². The third kappa shape index (κ3) is 4.97. The number of carbonyl (C=O) groups is 2. The van der Waals surface area contributed by atoms with Crippen molar-refractivity contribution in [2.75, 3.05) is 39.6 Å². The minimum absolute atomic E-state index is 0.0652. The number of aromatic nitrogens is 1. The molecule has 1 unspecified atom stereocenters. The number of benzene rings is 2. The number of fused-ring (bicyclic) bond motifs is 1. The van der Waals surface area contributed by atoms with Crippen LogP contribution in [0.4, 0.5) is 5.69 Å². The van der Waals surface area contributed by atoms with Crippen LogP contribution in [0.2, 0.25) is 0 Å². The van der Waals surface area contributed by atoms with E-state index < -0.39 is 0 Å². The normalized spacial score (nSPS) is 16.5. The summed E-state index contributed by atoms with van der Waals surface area (Å²) in [6, 6.07) is 15.4. The van der Waals surface area contributed by atoms with Gasteiger partial charge in [0.05, 0.1) is 42.2 Å². The maximum atomic E-state index is 13.1. The molecule has 2 aromatic carbocycles. The lowest BCUT2D eigenvalue weighted by molar-refractivity contribution is -0.120. The number of aliphatic imine (C=N–C) groups is 1. The van der Waals surface area contributed by atoms with Crippen molar-refractivity contribution in [3.05, 3.63) is 77.1 Å². The maximum absolute atomic E-state index is 13.1. The van der Waals surface area contributed by atoms with Crippen molar-refractivity contribution in [1.82, 2.24) is 15.2 Å². The molecule has 1 aromatic heterocycles. The Hall–Kier alpha value is -4.04. The van der Waals surface area contributed by atoms with Crippen LogP contribution in [0.5, 0.6) is 5.75 Å². The lowest BCUT2D eigenvalue weighted by atomic mass is 9.96. The SMILES string of the molecule is COc1ccccc1C1=NCc2ncc(-c3ccc(NC(=O)C4CCCNC4)c(C(=O)N(C)C)c3)cc21. The van der Waals surface area contributed by atoms with Gasteiger partial charge < -0.3 is 20.3 Å². The van der Waals surface area contributed by atoms with Crippen molar-refractivity contribution < 1.29 is 14.3 Å². The molecule has 1 atom stereocenters. The molecule has 2 aliphatic rings. The molecular weight excluding hydrogens is 466 g/mol. The van der Waals surface area contributed by atoms with Crippen molar-refractivity contribution in [1.29, 1.82) is 0 Å². The van der Waals surface area contributed by atoms with Gasteiger partial charge in [0.2, 0.25) is 5.91 Å². The molecule has 2 amide bonds. The molecule has 1 fully saturated rings. The van der Waals surface area contributed by atoms with Crippen molar-refractivity contribution >= 4 is 23.2 Å². The summed E-state index contributed by atoms with van der Waals surface area (Å²) >= 11 is 0. The summed E-state index contributed by atoms with van der Waals surface area (Å²) in [7, 11) is 5.07. The molecule has 0 spiro atoms. The van der Waals surface area contributed by atoms with Gasteiger partial charge >= 0.3 is 0 Å². The summed E-state index contributed by atoms with van der Waals surface area (Å²) in [5.74, 6) is 0.407. The fourth-order valence-corrected chi connectivity index (χ4v) is 4.85. The van der Waals surface area contributed by atoms with Gasteiger partial charge in [0.1, 0.15) is 5.75 Å². The molecule has 8 nitrogen and oxygen atoms in total. The number of para-hydroxylation sites is 1. The lowest BCUT2D eigenvalue weighted by Gasteiger charge is -2.23. The van der Waals surface area contributed by atoms with E-state index in [1.54, 1.807) is 21.2 Å². The highest BCUT2D eigenvalue weighted by molar-refractivity contribution is 6.16. The Morgan fingerprint density at radius 3 is 2.68 bits per heavy atom. The van der Waals surface area contributed by atoms with Gasteiger partial charge in [0, 0.05) is 43.5 Å². The molecule has 0 radical (unpaired) electrons. The van der Waals surface area contributed by atoms with Gasteiger partial charge in [-0.25, -0.2) is 0 Å². The Kier molecular flexibility index (Phi) is 7.01. The summed E-state index contributed by atoms with van der Waals surface area (Å²) in [5, 5.41) is 6.27. The number of piperidine rings is 1. The Morgan fingerprint density at radius 1 is 1.08 bits per heavy atom. The highest BCUT2D eigenvalue weighted by Gasteiger charge is 2.25. The molecule has 2 aliphatic heterocycles. The standard InChI is InChI=1S/C29H31N5O3/c1-34(2)29(36)23-13-18(10-11-24(23)33-28(35)19-7-6-12-30-15-19)20-14-22-25(31-16-20)17-32-27(22)21-8-4-5-9-26(21)37-3/h4-5,8-11,13-14,16,19,30H,6-7,12,15,17H2,1-3H3,(H,33,35). The molecule has 0 saturated carbocycles. The van der Waals surface area contributed by atoms with Crippen LogP contribution in [0, 0.1) is 5.92 Å². The first-order valence-corrected chi connectivity index (χ1v) is 12.5. The highest BCUT2D eigenvalue weighted by Crippen LogP contribution is 2.32. The van der Waals surface area contributed by atoms with Gasteiger partial charge in [0.25, 0.3) is 5.91 Å². The number of pyridine rings is 1. The zero-order chi connectivity index (χ0) is 25.9. The van der Waals surface area contributed by atoms with Crippen LogP contribution < -0.4 is 15.4 Å². The number of ether oxygens (including phenoxy) is 1. The molecule has 190 valence electrons. The van der Waals surface area contributed by atoms with E-state index in [-0.39, 0.29) is 17.7 Å². The highest BCUT2D eigenvalue weighted by atomic mass is 16.5. The third-order valence-corrected chi connectivity index (χ3v) is 6.89. The van der Waals surface area contributed by atoms with Crippen LogP contribution in [-0.2, 0) is 11.3 Å². The van der Waals surface area contributed by atoms with E-state index >= 15 is 0 Å². The molecule has 3 aromatic rings. The monoisotopic (exact) mass is 497 g/mol. The second-order valence-corrected chi connectivity index (χ2v) is 9.58. The zero-order valence-electron chi connectivity index (χ0n) is 21.4. The molecule has 0 bridgehead atoms. The number of hydrogen-bond acceptors (Lipinski definition) is 6. The van der Waals surface area contributed by atoms with Crippen LogP contribution in [0.15, 0.2) is 59.7 Å². The van der Waals surface area contributed by atoms with Crippen LogP contribution in [-0.4, -0.2) is 61.7 Å². The predicted octanol–water partition coefficient (Wildman–Crippen LogP) is 3.75. The first-order chi connectivity index (χ1) is 18.0. The molecular formula is C29H31N5O3. The fraction of sp³-hybridized carbons (Fsp3) is 0.310. The number of hydrogen-bond donors (Lipinski definition) is 2. The Balaban J connectivity index is 1.49. The van der Waals surface area contributed by atoms with Crippen LogP contribution in [0.25, 0.3) is 11.1 Å². The number of methoxy groups -OCH3 is 1.